The van der Waals surface area contributed by atoms with Crippen LogP contribution in [0.15, 0.2) is 72.8 Å². The van der Waals surface area contributed by atoms with Crippen molar-refractivity contribution in [2.45, 2.75) is 26.8 Å². The molecule has 4 rings (SSSR count). The summed E-state index contributed by atoms with van der Waals surface area (Å²) >= 11 is 0. The largest absolute Gasteiger partial charge is 0.497 e. The van der Waals surface area contributed by atoms with Crippen LogP contribution in [0.4, 0.5) is 34.9 Å². The van der Waals surface area contributed by atoms with Crippen molar-refractivity contribution in [2.24, 2.45) is 0 Å². The van der Waals surface area contributed by atoms with E-state index in [2.05, 4.69) is 36.2 Å². The molecule has 0 bridgehead atoms. The zero-order valence-electron chi connectivity index (χ0n) is 20.7. The third-order valence-corrected chi connectivity index (χ3v) is 5.35. The van der Waals surface area contributed by atoms with Crippen molar-refractivity contribution in [3.63, 3.8) is 0 Å². The minimum absolute atomic E-state index is 0.235. The molecule has 184 valence electrons. The molecule has 4 aromatic rings. The van der Waals surface area contributed by atoms with Gasteiger partial charge in [-0.2, -0.15) is 15.0 Å². The third-order valence-electron chi connectivity index (χ3n) is 5.35. The molecule has 1 amide bonds. The van der Waals surface area contributed by atoms with Crippen molar-refractivity contribution < 1.29 is 9.53 Å². The quantitative estimate of drug-likeness (QED) is 0.249. The van der Waals surface area contributed by atoms with Gasteiger partial charge < -0.3 is 26.0 Å². The second-order valence-electron chi connectivity index (χ2n) is 8.37. The Morgan fingerprint density at radius 3 is 1.61 bits per heavy atom. The molecule has 1 atom stereocenters. The van der Waals surface area contributed by atoms with Crippen LogP contribution in [0.2, 0.25) is 0 Å². The second kappa shape index (κ2) is 11.2. The molecule has 0 aliphatic rings. The first-order valence-electron chi connectivity index (χ1n) is 11.5. The number of rotatable bonds is 9. The number of nitrogens with zero attached hydrogens (tertiary/aromatic N) is 3. The van der Waals surface area contributed by atoms with Gasteiger partial charge >= 0.3 is 0 Å². The second-order valence-corrected chi connectivity index (χ2v) is 8.37. The van der Waals surface area contributed by atoms with Gasteiger partial charge in [-0.25, -0.2) is 0 Å². The Labute approximate surface area is 210 Å². The number of hydrogen-bond acceptors (Lipinski definition) is 8. The van der Waals surface area contributed by atoms with Gasteiger partial charge in [-0.15, -0.1) is 0 Å². The fourth-order valence-corrected chi connectivity index (χ4v) is 3.27. The molecule has 4 N–H and O–H groups in total. The van der Waals surface area contributed by atoms with Gasteiger partial charge in [0.15, 0.2) is 0 Å². The molecule has 36 heavy (non-hydrogen) atoms. The van der Waals surface area contributed by atoms with Crippen LogP contribution in [0.1, 0.15) is 18.1 Å². The molecule has 0 radical (unpaired) electrons. The van der Waals surface area contributed by atoms with Crippen molar-refractivity contribution in [1.82, 2.24) is 15.0 Å². The van der Waals surface area contributed by atoms with Crippen LogP contribution in [0.25, 0.3) is 0 Å². The number of carbonyl (C=O) groups is 1. The molecule has 0 fully saturated rings. The summed E-state index contributed by atoms with van der Waals surface area (Å²) in [6.45, 7) is 5.79. The monoisotopic (exact) mass is 483 g/mol. The van der Waals surface area contributed by atoms with E-state index in [0.717, 1.165) is 22.5 Å². The molecule has 0 unspecified atom stereocenters. The minimum Gasteiger partial charge on any atom is -0.497 e. The summed E-state index contributed by atoms with van der Waals surface area (Å²) in [6, 6.07) is 22.3. The van der Waals surface area contributed by atoms with Crippen molar-refractivity contribution >= 4 is 40.8 Å². The number of carbonyl (C=O) groups excluding carboxylic acids is 1. The lowest BCUT2D eigenvalue weighted by Gasteiger charge is -2.16. The molecule has 9 heteroatoms. The molecule has 0 saturated heterocycles. The van der Waals surface area contributed by atoms with Crippen LogP contribution >= 0.6 is 0 Å². The number of aryl methyl sites for hydroxylation is 2. The number of aromatic nitrogens is 3. The smallest absolute Gasteiger partial charge is 0.246 e. The van der Waals surface area contributed by atoms with Crippen molar-refractivity contribution in [3.05, 3.63) is 83.9 Å². The number of hydrogen-bond donors (Lipinski definition) is 4. The molecular formula is C27H29N7O2. The van der Waals surface area contributed by atoms with Crippen LogP contribution in [0, 0.1) is 13.8 Å². The van der Waals surface area contributed by atoms with Crippen molar-refractivity contribution in [2.75, 3.05) is 28.4 Å². The highest BCUT2D eigenvalue weighted by molar-refractivity contribution is 5.96. The molecule has 0 saturated carbocycles. The van der Waals surface area contributed by atoms with E-state index >= 15 is 0 Å². The van der Waals surface area contributed by atoms with Crippen LogP contribution < -0.4 is 26.0 Å². The molecule has 1 heterocycles. The standard InChI is InChI=1S/C27H29N7O2/c1-17-5-9-21(10-6-17)30-26-32-25(33-27(34-26)31-22-11-7-18(2)8-12-22)28-19(3)24(35)29-20-13-15-23(36-4)16-14-20/h5-16,19H,1-4H3,(H,29,35)(H3,28,30,31,32,33,34)/t19-/m1/s1. The van der Waals surface area contributed by atoms with Gasteiger partial charge in [-0.3, -0.25) is 4.79 Å². The topological polar surface area (TPSA) is 113 Å². The van der Waals surface area contributed by atoms with E-state index in [4.69, 9.17) is 4.74 Å². The number of anilines is 6. The Morgan fingerprint density at radius 2 is 1.14 bits per heavy atom. The summed E-state index contributed by atoms with van der Waals surface area (Å²) in [4.78, 5) is 26.2. The molecule has 0 aliphatic carbocycles. The molecule has 9 nitrogen and oxygen atoms in total. The molecule has 0 aliphatic heterocycles. The lowest BCUT2D eigenvalue weighted by molar-refractivity contribution is -0.116. The van der Waals surface area contributed by atoms with Gasteiger partial charge in [-0.1, -0.05) is 35.4 Å². The molecule has 1 aromatic heterocycles. The zero-order valence-corrected chi connectivity index (χ0v) is 20.7. The maximum atomic E-state index is 12.8. The van der Waals surface area contributed by atoms with Crippen LogP contribution in [0.5, 0.6) is 5.75 Å². The first-order valence-corrected chi connectivity index (χ1v) is 11.5. The summed E-state index contributed by atoms with van der Waals surface area (Å²) in [5, 5.41) is 12.4. The molecule has 3 aromatic carbocycles. The highest BCUT2D eigenvalue weighted by atomic mass is 16.5. The minimum atomic E-state index is -0.617. The summed E-state index contributed by atoms with van der Waals surface area (Å²) in [6.07, 6.45) is 0. The Hall–Kier alpha value is -4.66. The van der Waals surface area contributed by atoms with Crippen molar-refractivity contribution in [1.29, 1.82) is 0 Å². The van der Waals surface area contributed by atoms with Gasteiger partial charge in [-0.05, 0) is 69.3 Å². The molecule has 0 spiro atoms. The Bertz CT molecular complexity index is 1240. The van der Waals surface area contributed by atoms with E-state index in [1.807, 2.05) is 62.4 Å². The van der Waals surface area contributed by atoms with E-state index in [-0.39, 0.29) is 11.9 Å². The first kappa shape index (κ1) is 24.5. The third kappa shape index (κ3) is 6.69. The van der Waals surface area contributed by atoms with Crippen LogP contribution in [-0.2, 0) is 4.79 Å². The zero-order chi connectivity index (χ0) is 25.5. The predicted octanol–water partition coefficient (Wildman–Crippen LogP) is 5.42. The Kier molecular flexibility index (Phi) is 7.60. The summed E-state index contributed by atoms with van der Waals surface area (Å²) in [5.41, 5.74) is 4.64. The van der Waals surface area contributed by atoms with Gasteiger partial charge in [0.25, 0.3) is 0 Å². The fraction of sp³-hybridized carbons (Fsp3) is 0.185. The van der Waals surface area contributed by atoms with Crippen LogP contribution in [-0.4, -0.2) is 34.0 Å². The highest BCUT2D eigenvalue weighted by Crippen LogP contribution is 2.20. The van der Waals surface area contributed by atoms with Gasteiger partial charge in [0.1, 0.15) is 11.8 Å². The van der Waals surface area contributed by atoms with Gasteiger partial charge in [0.05, 0.1) is 7.11 Å². The first-order chi connectivity index (χ1) is 17.4. The van der Waals surface area contributed by atoms with E-state index in [9.17, 15) is 4.79 Å². The number of nitrogens with one attached hydrogen (secondary N) is 4. The predicted molar refractivity (Wildman–Crippen MR) is 143 cm³/mol. The Morgan fingerprint density at radius 1 is 0.694 bits per heavy atom. The highest BCUT2D eigenvalue weighted by Gasteiger charge is 2.16. The van der Waals surface area contributed by atoms with Crippen LogP contribution in [0.3, 0.4) is 0 Å². The molecular weight excluding hydrogens is 454 g/mol. The lowest BCUT2D eigenvalue weighted by Crippen LogP contribution is -2.32. The number of benzene rings is 3. The van der Waals surface area contributed by atoms with E-state index < -0.39 is 6.04 Å². The van der Waals surface area contributed by atoms with Gasteiger partial charge in [0.2, 0.25) is 23.8 Å². The lowest BCUT2D eigenvalue weighted by atomic mass is 10.2. The van der Waals surface area contributed by atoms with E-state index in [1.54, 1.807) is 38.3 Å². The summed E-state index contributed by atoms with van der Waals surface area (Å²) in [7, 11) is 1.60. The Balaban J connectivity index is 1.53. The van der Waals surface area contributed by atoms with E-state index in [0.29, 0.717) is 23.3 Å². The summed E-state index contributed by atoms with van der Waals surface area (Å²) < 4.78 is 5.16. The van der Waals surface area contributed by atoms with E-state index in [1.165, 1.54) is 0 Å². The average Bonchev–Trinajstić information content (AvgIpc) is 2.87. The average molecular weight is 484 g/mol. The maximum absolute atomic E-state index is 12.8. The normalized spacial score (nSPS) is 11.3. The SMILES string of the molecule is COc1ccc(NC(=O)[C@@H](C)Nc2nc(Nc3ccc(C)cc3)nc(Nc3ccc(C)cc3)n2)cc1. The number of amides is 1. The summed E-state index contributed by atoms with van der Waals surface area (Å²) in [5.74, 6) is 1.42. The van der Waals surface area contributed by atoms with Crippen molar-refractivity contribution in [3.8, 4) is 5.75 Å². The fourth-order valence-electron chi connectivity index (χ4n) is 3.27. The number of methoxy groups -OCH3 is 1. The van der Waals surface area contributed by atoms with Gasteiger partial charge in [0, 0.05) is 17.1 Å². The number of ether oxygens (including phenoxy) is 1. The maximum Gasteiger partial charge on any atom is 0.246 e.